The number of benzene rings is 1. The normalized spacial score (nSPS) is 14.9. The van der Waals surface area contributed by atoms with Gasteiger partial charge in [0.2, 0.25) is 0 Å². The minimum atomic E-state index is -0.932. The smallest absolute Gasteiger partial charge is 0.107 e. The molecule has 2 unspecified atom stereocenters. The summed E-state index contributed by atoms with van der Waals surface area (Å²) in [6.07, 6.45) is -1.30. The molecule has 0 saturated heterocycles. The summed E-state index contributed by atoms with van der Waals surface area (Å²) < 4.78 is 0. The van der Waals surface area contributed by atoms with Crippen molar-refractivity contribution in [2.24, 2.45) is 0 Å². The summed E-state index contributed by atoms with van der Waals surface area (Å²) >= 11 is 4.02. The van der Waals surface area contributed by atoms with Crippen molar-refractivity contribution in [2.45, 2.75) is 25.6 Å². The number of thiol groups is 1. The predicted octanol–water partition coefficient (Wildman–Crippen LogP) is 1.29. The number of nitrogen functional groups attached to an aromatic ring is 1. The number of aliphatic hydroxyl groups excluding tert-OH is 2. The second-order valence-corrected chi connectivity index (χ2v) is 4.05. The Morgan fingerprint density at radius 2 is 2.07 bits per heavy atom. The molecule has 3 nitrogen and oxygen atoms in total. The third-order valence-corrected chi connectivity index (χ3v) is 2.70. The van der Waals surface area contributed by atoms with E-state index in [1.54, 1.807) is 6.07 Å². The van der Waals surface area contributed by atoms with Crippen LogP contribution in [0.5, 0.6) is 0 Å². The maximum Gasteiger partial charge on any atom is 0.107 e. The van der Waals surface area contributed by atoms with Gasteiger partial charge in [-0.15, -0.1) is 0 Å². The molecule has 0 saturated carbocycles. The van der Waals surface area contributed by atoms with Gasteiger partial charge >= 0.3 is 0 Å². The Balaban J connectivity index is 2.94. The first-order chi connectivity index (χ1) is 7.07. The maximum absolute atomic E-state index is 9.92. The predicted molar refractivity (Wildman–Crippen MR) is 65.0 cm³/mol. The van der Waals surface area contributed by atoms with Crippen LogP contribution in [0.15, 0.2) is 18.2 Å². The van der Waals surface area contributed by atoms with Crippen molar-refractivity contribution in [3.8, 4) is 0 Å². The highest BCUT2D eigenvalue weighted by Gasteiger charge is 2.21. The van der Waals surface area contributed by atoms with Gasteiger partial charge in [-0.05, 0) is 30.7 Å². The van der Waals surface area contributed by atoms with Gasteiger partial charge in [-0.25, -0.2) is 0 Å². The SMILES string of the molecule is Cc1cccc(N)c1C(O)C(O)CCS. The van der Waals surface area contributed by atoms with E-state index in [2.05, 4.69) is 12.6 Å². The van der Waals surface area contributed by atoms with E-state index >= 15 is 0 Å². The van der Waals surface area contributed by atoms with Crippen LogP contribution in [0, 0.1) is 6.92 Å². The number of aliphatic hydroxyl groups is 2. The van der Waals surface area contributed by atoms with Crippen molar-refractivity contribution in [3.05, 3.63) is 29.3 Å². The standard InChI is InChI=1S/C11H17NO2S/c1-7-3-2-4-8(12)10(7)11(14)9(13)5-6-15/h2-4,9,11,13-15H,5-6,12H2,1H3. The fraction of sp³-hybridized carbons (Fsp3) is 0.455. The Kier molecular flexibility index (Phi) is 4.45. The molecule has 0 heterocycles. The third kappa shape index (κ3) is 2.87. The molecule has 4 heteroatoms. The topological polar surface area (TPSA) is 66.5 Å². The molecule has 0 radical (unpaired) electrons. The summed E-state index contributed by atoms with van der Waals surface area (Å²) in [5.41, 5.74) is 7.79. The van der Waals surface area contributed by atoms with E-state index in [1.165, 1.54) is 0 Å². The number of nitrogens with two attached hydrogens (primary N) is 1. The van der Waals surface area contributed by atoms with E-state index in [9.17, 15) is 10.2 Å². The van der Waals surface area contributed by atoms with Gasteiger partial charge in [-0.2, -0.15) is 12.6 Å². The van der Waals surface area contributed by atoms with Crippen LogP contribution in [-0.4, -0.2) is 22.1 Å². The lowest BCUT2D eigenvalue weighted by Gasteiger charge is -2.20. The molecule has 4 N–H and O–H groups in total. The lowest BCUT2D eigenvalue weighted by molar-refractivity contribution is 0.0173. The van der Waals surface area contributed by atoms with Gasteiger partial charge in [0.15, 0.2) is 0 Å². The Bertz CT molecular complexity index is 310. The van der Waals surface area contributed by atoms with Gasteiger partial charge in [-0.3, -0.25) is 0 Å². The summed E-state index contributed by atoms with van der Waals surface area (Å²) in [5.74, 6) is 0.532. The van der Waals surface area contributed by atoms with Gasteiger partial charge in [0, 0.05) is 11.3 Å². The van der Waals surface area contributed by atoms with Crippen molar-refractivity contribution in [2.75, 3.05) is 11.5 Å². The fourth-order valence-corrected chi connectivity index (χ4v) is 1.85. The monoisotopic (exact) mass is 227 g/mol. The van der Waals surface area contributed by atoms with Crippen LogP contribution in [0.2, 0.25) is 0 Å². The minimum Gasteiger partial charge on any atom is -0.398 e. The van der Waals surface area contributed by atoms with Crippen molar-refractivity contribution in [3.63, 3.8) is 0 Å². The molecule has 0 aliphatic rings. The zero-order valence-corrected chi connectivity index (χ0v) is 9.61. The van der Waals surface area contributed by atoms with E-state index in [1.807, 2.05) is 19.1 Å². The lowest BCUT2D eigenvalue weighted by Crippen LogP contribution is -2.20. The number of hydrogen-bond donors (Lipinski definition) is 4. The van der Waals surface area contributed by atoms with Gasteiger partial charge in [0.25, 0.3) is 0 Å². The molecule has 0 spiro atoms. The number of aryl methyl sites for hydroxylation is 1. The van der Waals surface area contributed by atoms with E-state index in [0.29, 0.717) is 23.4 Å². The van der Waals surface area contributed by atoms with Gasteiger partial charge in [0.1, 0.15) is 6.10 Å². The third-order valence-electron chi connectivity index (χ3n) is 2.44. The van der Waals surface area contributed by atoms with Crippen LogP contribution in [0.4, 0.5) is 5.69 Å². The molecule has 0 aromatic heterocycles. The van der Waals surface area contributed by atoms with Gasteiger partial charge in [-0.1, -0.05) is 12.1 Å². The zero-order valence-electron chi connectivity index (χ0n) is 8.72. The first-order valence-corrected chi connectivity index (χ1v) is 5.53. The molecule has 2 atom stereocenters. The van der Waals surface area contributed by atoms with E-state index in [0.717, 1.165) is 5.56 Å². The quantitative estimate of drug-likeness (QED) is 0.463. The van der Waals surface area contributed by atoms with Crippen molar-refractivity contribution >= 4 is 18.3 Å². The molecule has 1 rings (SSSR count). The fourth-order valence-electron chi connectivity index (χ4n) is 1.59. The largest absolute Gasteiger partial charge is 0.398 e. The Morgan fingerprint density at radius 3 is 2.60 bits per heavy atom. The van der Waals surface area contributed by atoms with Crippen LogP contribution >= 0.6 is 12.6 Å². The summed E-state index contributed by atoms with van der Waals surface area (Å²) in [4.78, 5) is 0. The summed E-state index contributed by atoms with van der Waals surface area (Å²) in [6, 6.07) is 5.41. The molecule has 1 aromatic rings. The molecule has 0 aliphatic carbocycles. The highest BCUT2D eigenvalue weighted by atomic mass is 32.1. The first kappa shape index (κ1) is 12.4. The van der Waals surface area contributed by atoms with Crippen LogP contribution < -0.4 is 5.73 Å². The molecule has 0 bridgehead atoms. The second kappa shape index (κ2) is 5.39. The molecule has 1 aromatic carbocycles. The average molecular weight is 227 g/mol. The molecule has 0 amide bonds. The molecule has 0 aliphatic heterocycles. The van der Waals surface area contributed by atoms with Gasteiger partial charge < -0.3 is 15.9 Å². The van der Waals surface area contributed by atoms with E-state index < -0.39 is 12.2 Å². The summed E-state index contributed by atoms with van der Waals surface area (Å²) in [6.45, 7) is 1.86. The van der Waals surface area contributed by atoms with Crippen molar-refractivity contribution < 1.29 is 10.2 Å². The van der Waals surface area contributed by atoms with Crippen molar-refractivity contribution in [1.82, 2.24) is 0 Å². The molecular weight excluding hydrogens is 210 g/mol. The molecule has 0 fully saturated rings. The highest BCUT2D eigenvalue weighted by molar-refractivity contribution is 7.80. The average Bonchev–Trinajstić information content (AvgIpc) is 2.17. The molecule has 84 valence electrons. The maximum atomic E-state index is 9.92. The van der Waals surface area contributed by atoms with Crippen LogP contribution in [0.3, 0.4) is 0 Å². The second-order valence-electron chi connectivity index (χ2n) is 3.60. The van der Waals surface area contributed by atoms with E-state index in [4.69, 9.17) is 5.73 Å². The molecular formula is C11H17NO2S. The Hall–Kier alpha value is -0.710. The van der Waals surface area contributed by atoms with Crippen LogP contribution in [0.1, 0.15) is 23.7 Å². The minimum absolute atomic E-state index is 0.443. The van der Waals surface area contributed by atoms with Crippen LogP contribution in [0.25, 0.3) is 0 Å². The Morgan fingerprint density at radius 1 is 1.40 bits per heavy atom. The summed E-state index contributed by atoms with van der Waals surface area (Å²) in [7, 11) is 0. The number of anilines is 1. The van der Waals surface area contributed by atoms with Crippen LogP contribution in [-0.2, 0) is 0 Å². The summed E-state index contributed by atoms with van der Waals surface area (Å²) in [5, 5.41) is 19.6. The van der Waals surface area contributed by atoms with Gasteiger partial charge in [0.05, 0.1) is 6.10 Å². The zero-order chi connectivity index (χ0) is 11.4. The number of hydrogen-bond acceptors (Lipinski definition) is 4. The molecule has 15 heavy (non-hydrogen) atoms. The first-order valence-electron chi connectivity index (χ1n) is 4.90. The number of rotatable bonds is 4. The van der Waals surface area contributed by atoms with Crippen molar-refractivity contribution in [1.29, 1.82) is 0 Å². The highest BCUT2D eigenvalue weighted by Crippen LogP contribution is 2.27. The van der Waals surface area contributed by atoms with E-state index in [-0.39, 0.29) is 0 Å². The lowest BCUT2D eigenvalue weighted by atomic mass is 9.96. The Labute approximate surface area is 95.3 Å².